The lowest BCUT2D eigenvalue weighted by Gasteiger charge is -2.28. The minimum atomic E-state index is -0.510. The topological polar surface area (TPSA) is 72.2 Å². The van der Waals surface area contributed by atoms with Gasteiger partial charge in [0.1, 0.15) is 0 Å². The molecule has 1 amide bonds. The van der Waals surface area contributed by atoms with Gasteiger partial charge < -0.3 is 11.1 Å². The number of hydrogen-bond donors (Lipinski definition) is 2. The lowest BCUT2D eigenvalue weighted by molar-refractivity contribution is 0.101. The van der Waals surface area contributed by atoms with Crippen molar-refractivity contribution in [2.24, 2.45) is 0 Å². The van der Waals surface area contributed by atoms with E-state index in [-0.39, 0.29) is 16.7 Å². The van der Waals surface area contributed by atoms with Crippen LogP contribution >= 0.6 is 25.2 Å². The summed E-state index contributed by atoms with van der Waals surface area (Å²) in [6.45, 7) is 6.78. The maximum absolute atomic E-state index is 13.1. The molecular formula is C26H29N2O2P3. The summed E-state index contributed by atoms with van der Waals surface area (Å²) < 4.78 is 0. The molecular weight excluding hydrogens is 465 g/mol. The zero-order valence-electron chi connectivity index (χ0n) is 19.1. The number of nitrogens with one attached hydrogen (secondary N) is 1. The van der Waals surface area contributed by atoms with Crippen molar-refractivity contribution in [3.63, 3.8) is 0 Å². The number of nitrogens with two attached hydrogens (primary N) is 1. The molecule has 0 aliphatic heterocycles. The highest BCUT2D eigenvalue weighted by Gasteiger charge is 2.45. The van der Waals surface area contributed by atoms with Gasteiger partial charge in [-0.3, -0.25) is 9.59 Å². The second-order valence-electron chi connectivity index (χ2n) is 9.53. The molecule has 3 aromatic rings. The van der Waals surface area contributed by atoms with Crippen molar-refractivity contribution in [1.82, 2.24) is 0 Å². The quantitative estimate of drug-likeness (QED) is 0.259. The maximum atomic E-state index is 13.1. The highest BCUT2D eigenvalue weighted by atomic mass is 32.4. The van der Waals surface area contributed by atoms with E-state index in [0.717, 1.165) is 29.4 Å². The van der Waals surface area contributed by atoms with Crippen LogP contribution in [-0.4, -0.2) is 12.2 Å². The summed E-state index contributed by atoms with van der Waals surface area (Å²) in [6, 6.07) is 19.6. The number of fused-ring (bicyclic) bond motifs is 1. The minimum Gasteiger partial charge on any atom is -0.399 e. The Kier molecular flexibility index (Phi) is 6.49. The number of anilines is 2. The summed E-state index contributed by atoms with van der Waals surface area (Å²) in [5, 5.41) is 4.04. The van der Waals surface area contributed by atoms with E-state index in [4.69, 9.17) is 5.73 Å². The Morgan fingerprint density at radius 1 is 1.00 bits per heavy atom. The van der Waals surface area contributed by atoms with Crippen molar-refractivity contribution in [2.45, 2.75) is 38.0 Å². The van der Waals surface area contributed by atoms with Crippen LogP contribution in [-0.2, 0) is 10.8 Å². The molecule has 3 unspecified atom stereocenters. The van der Waals surface area contributed by atoms with Crippen LogP contribution in [0, 0.1) is 0 Å². The normalized spacial score (nSPS) is 18.7. The molecule has 0 radical (unpaired) electrons. The lowest BCUT2D eigenvalue weighted by atomic mass is 9.75. The maximum Gasteiger partial charge on any atom is 0.256 e. The molecule has 0 fully saturated rings. The van der Waals surface area contributed by atoms with Crippen LogP contribution in [0.5, 0.6) is 0 Å². The number of carbonyl (C=O) groups excluding carboxylic acids is 2. The van der Waals surface area contributed by atoms with Gasteiger partial charge in [0.25, 0.3) is 5.91 Å². The van der Waals surface area contributed by atoms with E-state index in [9.17, 15) is 9.59 Å². The molecule has 0 saturated carbocycles. The van der Waals surface area contributed by atoms with E-state index in [1.54, 1.807) is 12.1 Å². The molecule has 1 aliphatic carbocycles. The Morgan fingerprint density at radius 3 is 2.33 bits per heavy atom. The average Bonchev–Trinajstić information content (AvgIpc) is 2.99. The van der Waals surface area contributed by atoms with Crippen molar-refractivity contribution >= 4 is 54.0 Å². The highest BCUT2D eigenvalue weighted by molar-refractivity contribution is 8.46. The number of amides is 1. The fourth-order valence-corrected chi connectivity index (χ4v) is 6.56. The van der Waals surface area contributed by atoms with Gasteiger partial charge in [0.05, 0.1) is 5.56 Å². The van der Waals surface area contributed by atoms with Crippen molar-refractivity contribution < 1.29 is 9.59 Å². The molecule has 3 aromatic carbocycles. The van der Waals surface area contributed by atoms with Gasteiger partial charge >= 0.3 is 0 Å². The third-order valence-electron chi connectivity index (χ3n) is 6.65. The van der Waals surface area contributed by atoms with Crippen molar-refractivity contribution in [3.05, 3.63) is 88.5 Å². The van der Waals surface area contributed by atoms with Crippen LogP contribution in [0.2, 0.25) is 0 Å². The third-order valence-corrected chi connectivity index (χ3v) is 9.31. The Morgan fingerprint density at radius 2 is 1.70 bits per heavy atom. The van der Waals surface area contributed by atoms with E-state index < -0.39 is 7.30 Å². The molecule has 1 aliphatic rings. The third kappa shape index (κ3) is 4.50. The highest BCUT2D eigenvalue weighted by Crippen LogP contribution is 2.53. The first-order valence-electron chi connectivity index (χ1n) is 10.8. The van der Waals surface area contributed by atoms with Crippen LogP contribution in [0.1, 0.15) is 64.6 Å². The van der Waals surface area contributed by atoms with Gasteiger partial charge in [-0.25, -0.2) is 0 Å². The molecule has 4 nitrogen and oxygen atoms in total. The van der Waals surface area contributed by atoms with Crippen LogP contribution in [0.15, 0.2) is 60.7 Å². The molecule has 0 spiro atoms. The van der Waals surface area contributed by atoms with Gasteiger partial charge in [0.15, 0.2) is 6.29 Å². The van der Waals surface area contributed by atoms with Crippen molar-refractivity contribution in [3.8, 4) is 0 Å². The summed E-state index contributed by atoms with van der Waals surface area (Å²) in [4.78, 5) is 24.7. The van der Waals surface area contributed by atoms with Crippen LogP contribution in [0.4, 0.5) is 11.4 Å². The Bertz CT molecular complexity index is 1240. The van der Waals surface area contributed by atoms with Crippen molar-refractivity contribution in [1.29, 1.82) is 0 Å². The first kappa shape index (κ1) is 24.0. The predicted molar refractivity (Wildman–Crippen MR) is 147 cm³/mol. The Balaban J connectivity index is 1.70. The van der Waals surface area contributed by atoms with Gasteiger partial charge in [-0.15, -0.1) is 17.9 Å². The zero-order valence-corrected chi connectivity index (χ0v) is 22.3. The number of nitrogen functional groups attached to an aromatic ring is 1. The molecule has 3 atom stereocenters. The summed E-state index contributed by atoms with van der Waals surface area (Å²) in [7, 11) is 4.96. The van der Waals surface area contributed by atoms with E-state index in [1.165, 1.54) is 16.7 Å². The van der Waals surface area contributed by atoms with Gasteiger partial charge in [-0.1, -0.05) is 45.0 Å². The molecule has 170 valence electrons. The van der Waals surface area contributed by atoms with E-state index in [1.807, 2.05) is 24.3 Å². The van der Waals surface area contributed by atoms with E-state index in [0.29, 0.717) is 11.1 Å². The Labute approximate surface area is 201 Å². The molecule has 0 saturated heterocycles. The standard InChI is InChI=1S/C26H29N2O2P3/c1-25(2)15-26(3,17-4-6-18(27)7-5-17)23-13-19(8-11-22(23)25)28-24(30)21-10-9-20(33(31)32)12-16(21)14-29/h4-14H,15,27,31-32H2,1-3H3,(H,28,30). The number of aldehydes is 1. The number of benzene rings is 3. The van der Waals surface area contributed by atoms with Gasteiger partial charge in [0.2, 0.25) is 0 Å². The molecule has 33 heavy (non-hydrogen) atoms. The number of hydrogen-bond acceptors (Lipinski definition) is 3. The fourth-order valence-electron chi connectivity index (χ4n) is 5.06. The molecule has 0 bridgehead atoms. The Hall–Kier alpha value is -2.11. The van der Waals surface area contributed by atoms with E-state index >= 15 is 0 Å². The largest absolute Gasteiger partial charge is 0.399 e. The van der Waals surface area contributed by atoms with Gasteiger partial charge in [-0.2, -0.15) is 0 Å². The van der Waals surface area contributed by atoms with Crippen LogP contribution < -0.4 is 16.4 Å². The first-order valence-corrected chi connectivity index (χ1v) is 15.3. The summed E-state index contributed by atoms with van der Waals surface area (Å²) in [5.74, 6) is -0.285. The zero-order chi connectivity index (χ0) is 24.0. The summed E-state index contributed by atoms with van der Waals surface area (Å²) >= 11 is 0. The number of rotatable bonds is 5. The molecule has 3 N–H and O–H groups in total. The van der Waals surface area contributed by atoms with E-state index in [2.05, 4.69) is 68.2 Å². The van der Waals surface area contributed by atoms with Gasteiger partial charge in [0, 0.05) is 22.4 Å². The first-order chi connectivity index (χ1) is 15.5. The molecule has 0 aromatic heterocycles. The molecule has 4 rings (SSSR count). The monoisotopic (exact) mass is 494 g/mol. The van der Waals surface area contributed by atoms with Crippen LogP contribution in [0.25, 0.3) is 0 Å². The summed E-state index contributed by atoms with van der Waals surface area (Å²) in [6.07, 6.45) is 1.70. The lowest BCUT2D eigenvalue weighted by Crippen LogP contribution is -2.23. The second kappa shape index (κ2) is 8.92. The minimum absolute atomic E-state index is 0.00319. The smallest absolute Gasteiger partial charge is 0.256 e. The average molecular weight is 494 g/mol. The molecule has 7 heteroatoms. The van der Waals surface area contributed by atoms with Crippen LogP contribution in [0.3, 0.4) is 0 Å². The predicted octanol–water partition coefficient (Wildman–Crippen LogP) is 6.01. The number of carbonyl (C=O) groups is 2. The SMILES string of the molecule is CC1(C)CC(C)(c2ccc(N)cc2)c2cc(NC(=O)c3ccc(P(P)P)cc3C=O)ccc21. The summed E-state index contributed by atoms with van der Waals surface area (Å²) in [5.41, 5.74) is 11.7. The fraction of sp³-hybridized carbons (Fsp3) is 0.231. The van der Waals surface area contributed by atoms with Gasteiger partial charge in [-0.05, 0) is 77.5 Å². The second-order valence-corrected chi connectivity index (χ2v) is 16.0. The van der Waals surface area contributed by atoms with Crippen molar-refractivity contribution in [2.75, 3.05) is 11.1 Å². The molecule has 0 heterocycles.